The summed E-state index contributed by atoms with van der Waals surface area (Å²) in [5.41, 5.74) is 2.08. The number of fused-ring (bicyclic) bond motifs is 1. The van der Waals surface area contributed by atoms with Gasteiger partial charge in [0.25, 0.3) is 0 Å². The highest BCUT2D eigenvalue weighted by atomic mass is 16.5. The summed E-state index contributed by atoms with van der Waals surface area (Å²) < 4.78 is 16.2. The average Bonchev–Trinajstić information content (AvgIpc) is 2.89. The summed E-state index contributed by atoms with van der Waals surface area (Å²) in [4.78, 5) is 12.6. The monoisotopic (exact) mass is 321 g/mol. The van der Waals surface area contributed by atoms with Gasteiger partial charge in [0.05, 0.1) is 12.7 Å². The minimum atomic E-state index is -0.169. The van der Waals surface area contributed by atoms with Crippen molar-refractivity contribution in [1.29, 1.82) is 5.26 Å². The lowest BCUT2D eigenvalue weighted by Gasteiger charge is -2.06. The summed E-state index contributed by atoms with van der Waals surface area (Å²) in [6, 6.07) is 12.6. The molecule has 0 aliphatic carbocycles. The largest absolute Gasteiger partial charge is 0.497 e. The molecular formula is C19H15NO4. The molecule has 0 saturated heterocycles. The van der Waals surface area contributed by atoms with E-state index in [0.717, 1.165) is 11.1 Å². The third kappa shape index (κ3) is 2.95. The zero-order valence-electron chi connectivity index (χ0n) is 13.3. The van der Waals surface area contributed by atoms with Gasteiger partial charge in [-0.05, 0) is 42.3 Å². The molecule has 1 aliphatic rings. The molecule has 0 spiro atoms. The Morgan fingerprint density at radius 1 is 1.25 bits per heavy atom. The van der Waals surface area contributed by atoms with E-state index >= 15 is 0 Å². The zero-order chi connectivity index (χ0) is 17.1. The molecule has 0 fully saturated rings. The Morgan fingerprint density at radius 2 is 2.08 bits per heavy atom. The molecule has 0 amide bonds. The van der Waals surface area contributed by atoms with Gasteiger partial charge in [-0.1, -0.05) is 12.1 Å². The third-order valence-electron chi connectivity index (χ3n) is 3.64. The number of methoxy groups -OCH3 is 1. The zero-order valence-corrected chi connectivity index (χ0v) is 13.3. The van der Waals surface area contributed by atoms with Crippen molar-refractivity contribution in [1.82, 2.24) is 0 Å². The van der Waals surface area contributed by atoms with Crippen LogP contribution in [0.4, 0.5) is 0 Å². The van der Waals surface area contributed by atoms with E-state index in [-0.39, 0.29) is 18.1 Å². The van der Waals surface area contributed by atoms with E-state index in [0.29, 0.717) is 22.8 Å². The molecule has 0 bridgehead atoms. The van der Waals surface area contributed by atoms with Crippen LogP contribution in [0, 0.1) is 18.3 Å². The Morgan fingerprint density at radius 3 is 2.83 bits per heavy atom. The lowest BCUT2D eigenvalue weighted by Crippen LogP contribution is -2.00. The van der Waals surface area contributed by atoms with Crippen molar-refractivity contribution < 1.29 is 19.0 Å². The molecule has 120 valence electrons. The van der Waals surface area contributed by atoms with Gasteiger partial charge >= 0.3 is 0 Å². The Kier molecular flexibility index (Phi) is 4.21. The van der Waals surface area contributed by atoms with Crippen LogP contribution in [0.3, 0.4) is 0 Å². The molecule has 5 nitrogen and oxygen atoms in total. The van der Waals surface area contributed by atoms with Gasteiger partial charge in [-0.25, -0.2) is 0 Å². The fraction of sp³-hybridized carbons (Fsp3) is 0.158. The average molecular weight is 321 g/mol. The van der Waals surface area contributed by atoms with Gasteiger partial charge in [0.1, 0.15) is 23.3 Å². The minimum absolute atomic E-state index is 0.0569. The van der Waals surface area contributed by atoms with Crippen LogP contribution in [-0.2, 0) is 0 Å². The number of ketones is 1. The fourth-order valence-electron chi connectivity index (χ4n) is 2.56. The highest BCUT2D eigenvalue weighted by molar-refractivity contribution is 6.15. The number of allylic oxidation sites excluding steroid dienone is 1. The second kappa shape index (κ2) is 6.47. The first-order valence-electron chi connectivity index (χ1n) is 7.35. The molecule has 0 saturated carbocycles. The number of ether oxygens (including phenoxy) is 3. The molecule has 0 aromatic heterocycles. The highest BCUT2D eigenvalue weighted by Gasteiger charge is 2.30. The topological polar surface area (TPSA) is 68.6 Å². The minimum Gasteiger partial charge on any atom is -0.497 e. The van der Waals surface area contributed by atoms with Crippen molar-refractivity contribution in [3.63, 3.8) is 0 Å². The molecule has 3 rings (SSSR count). The molecule has 5 heteroatoms. The van der Waals surface area contributed by atoms with Gasteiger partial charge in [-0.15, -0.1) is 0 Å². The Labute approximate surface area is 139 Å². The number of nitriles is 1. The van der Waals surface area contributed by atoms with Crippen molar-refractivity contribution >= 4 is 11.9 Å². The van der Waals surface area contributed by atoms with E-state index in [1.54, 1.807) is 25.3 Å². The van der Waals surface area contributed by atoms with E-state index in [1.807, 2.05) is 37.3 Å². The summed E-state index contributed by atoms with van der Waals surface area (Å²) in [7, 11) is 1.59. The number of benzene rings is 2. The van der Waals surface area contributed by atoms with E-state index in [1.165, 1.54) is 0 Å². The number of carbonyl (C=O) groups excluding carboxylic acids is 1. The SMILES string of the molecule is COc1cccc(/C=C2\Oc3cc(OCC#N)cc(C)c3C2=O)c1. The molecule has 0 N–H and O–H groups in total. The maximum absolute atomic E-state index is 12.6. The van der Waals surface area contributed by atoms with Crippen LogP contribution >= 0.6 is 0 Å². The summed E-state index contributed by atoms with van der Waals surface area (Å²) in [6.45, 7) is 1.76. The first kappa shape index (κ1) is 15.6. The molecule has 1 heterocycles. The van der Waals surface area contributed by atoms with Crippen LogP contribution < -0.4 is 14.2 Å². The lowest BCUT2D eigenvalue weighted by atomic mass is 10.0. The second-order valence-electron chi connectivity index (χ2n) is 5.28. The predicted molar refractivity (Wildman–Crippen MR) is 88.2 cm³/mol. The van der Waals surface area contributed by atoms with Crippen molar-refractivity contribution in [3.8, 4) is 23.3 Å². The predicted octanol–water partition coefficient (Wildman–Crippen LogP) is 3.52. The van der Waals surface area contributed by atoms with E-state index in [2.05, 4.69) is 0 Å². The number of aryl methyl sites for hydroxylation is 1. The quantitative estimate of drug-likeness (QED) is 0.806. The summed E-state index contributed by atoms with van der Waals surface area (Å²) >= 11 is 0. The van der Waals surface area contributed by atoms with Gasteiger partial charge in [0.15, 0.2) is 12.4 Å². The second-order valence-corrected chi connectivity index (χ2v) is 5.28. The maximum atomic E-state index is 12.6. The first-order valence-corrected chi connectivity index (χ1v) is 7.35. The molecule has 2 aromatic rings. The van der Waals surface area contributed by atoms with Gasteiger partial charge in [0.2, 0.25) is 5.78 Å². The van der Waals surface area contributed by atoms with E-state index in [4.69, 9.17) is 19.5 Å². The van der Waals surface area contributed by atoms with E-state index < -0.39 is 0 Å². The Balaban J connectivity index is 1.94. The van der Waals surface area contributed by atoms with Crippen molar-refractivity contribution in [2.75, 3.05) is 13.7 Å². The summed E-state index contributed by atoms with van der Waals surface area (Å²) in [5.74, 6) is 1.73. The van der Waals surface area contributed by atoms with Crippen LogP contribution in [0.5, 0.6) is 17.2 Å². The third-order valence-corrected chi connectivity index (χ3v) is 3.64. The molecule has 24 heavy (non-hydrogen) atoms. The van der Waals surface area contributed by atoms with Crippen molar-refractivity contribution in [2.24, 2.45) is 0 Å². The van der Waals surface area contributed by atoms with E-state index in [9.17, 15) is 4.79 Å². The molecule has 0 unspecified atom stereocenters. The Hall–Kier alpha value is -3.26. The first-order chi connectivity index (χ1) is 11.6. The number of nitrogens with zero attached hydrogens (tertiary/aromatic N) is 1. The number of Topliss-reactive ketones (excluding diaryl/α,β-unsaturated/α-hetero) is 1. The van der Waals surface area contributed by atoms with Gasteiger partial charge < -0.3 is 14.2 Å². The van der Waals surface area contributed by atoms with Crippen LogP contribution in [0.2, 0.25) is 0 Å². The van der Waals surface area contributed by atoms with Gasteiger partial charge in [-0.3, -0.25) is 4.79 Å². The molecule has 0 atom stereocenters. The van der Waals surface area contributed by atoms with Crippen molar-refractivity contribution in [3.05, 3.63) is 58.8 Å². The molecular weight excluding hydrogens is 306 g/mol. The number of rotatable bonds is 4. The Bertz CT molecular complexity index is 877. The van der Waals surface area contributed by atoms with Crippen LogP contribution in [0.15, 0.2) is 42.2 Å². The molecule has 2 aromatic carbocycles. The van der Waals surface area contributed by atoms with Crippen molar-refractivity contribution in [2.45, 2.75) is 6.92 Å². The number of hydrogen-bond donors (Lipinski definition) is 0. The van der Waals surface area contributed by atoms with Gasteiger partial charge in [0, 0.05) is 6.07 Å². The maximum Gasteiger partial charge on any atom is 0.232 e. The van der Waals surface area contributed by atoms with Crippen LogP contribution in [-0.4, -0.2) is 19.5 Å². The molecule has 0 radical (unpaired) electrons. The van der Waals surface area contributed by atoms with Gasteiger partial charge in [-0.2, -0.15) is 5.26 Å². The number of hydrogen-bond acceptors (Lipinski definition) is 5. The summed E-state index contributed by atoms with van der Waals surface area (Å²) in [6.07, 6.45) is 1.68. The highest BCUT2D eigenvalue weighted by Crippen LogP contribution is 2.37. The lowest BCUT2D eigenvalue weighted by molar-refractivity contribution is 0.101. The number of carbonyl (C=O) groups is 1. The van der Waals surface area contributed by atoms with Crippen LogP contribution in [0.1, 0.15) is 21.5 Å². The summed E-state index contributed by atoms with van der Waals surface area (Å²) in [5, 5.41) is 8.60. The fourth-order valence-corrected chi connectivity index (χ4v) is 2.56. The normalized spacial score (nSPS) is 14.0. The smallest absolute Gasteiger partial charge is 0.232 e. The molecule has 1 aliphatic heterocycles. The standard InChI is InChI=1S/C19H15NO4/c1-12-8-15(23-7-6-20)11-16-18(12)19(21)17(24-16)10-13-4-3-5-14(9-13)22-2/h3-5,8-11H,7H2,1-2H3/b17-10-. The van der Waals surface area contributed by atoms with Crippen LogP contribution in [0.25, 0.3) is 6.08 Å².